The number of carbonyl (C=O) groups excluding carboxylic acids is 5. The van der Waals surface area contributed by atoms with Gasteiger partial charge in [-0.05, 0) is 0 Å². The van der Waals surface area contributed by atoms with Crippen molar-refractivity contribution < 1.29 is 42.9 Å². The molecule has 1 rings (SSSR count). The van der Waals surface area contributed by atoms with Crippen molar-refractivity contribution in [3.63, 3.8) is 0 Å². The van der Waals surface area contributed by atoms with Crippen LogP contribution in [0.1, 0.15) is 34.1 Å². The Labute approximate surface area is 150 Å². The molecule has 2 unspecified atom stereocenters. The van der Waals surface area contributed by atoms with Crippen LogP contribution in [-0.2, 0) is 42.9 Å². The number of amides is 1. The molecule has 146 valence electrons. The van der Waals surface area contributed by atoms with Gasteiger partial charge in [0.15, 0.2) is 12.2 Å². The predicted octanol–water partition coefficient (Wildman–Crippen LogP) is -0.726. The first-order valence-corrected chi connectivity index (χ1v) is 7.99. The van der Waals surface area contributed by atoms with Crippen LogP contribution in [0.5, 0.6) is 0 Å². The van der Waals surface area contributed by atoms with E-state index in [0.29, 0.717) is 6.29 Å². The fraction of sp³-hybridized carbons (Fsp3) is 0.688. The average molecular weight is 373 g/mol. The van der Waals surface area contributed by atoms with Gasteiger partial charge in [0.1, 0.15) is 19.0 Å². The Morgan fingerprint density at radius 3 is 1.96 bits per heavy atom. The fourth-order valence-electron chi connectivity index (χ4n) is 2.72. The van der Waals surface area contributed by atoms with Crippen molar-refractivity contribution in [1.82, 2.24) is 5.32 Å². The zero-order valence-corrected chi connectivity index (χ0v) is 15.1. The summed E-state index contributed by atoms with van der Waals surface area (Å²) in [7, 11) is 0. The van der Waals surface area contributed by atoms with Gasteiger partial charge in [-0.3, -0.25) is 19.2 Å². The molecule has 0 bridgehead atoms. The Hall–Kier alpha value is -2.49. The Balaban J connectivity index is 3.24. The van der Waals surface area contributed by atoms with E-state index in [1.807, 2.05) is 0 Å². The van der Waals surface area contributed by atoms with Gasteiger partial charge in [-0.2, -0.15) is 0 Å². The number of carbonyl (C=O) groups is 5. The SMILES string of the molecule is CC(=O)NC1[C@@H](OC(C)=O)[C@@H](OC(C)=O)C(COC(C)=O)O[C@@H]1CC=O. The first-order valence-electron chi connectivity index (χ1n) is 7.99. The summed E-state index contributed by atoms with van der Waals surface area (Å²) in [6.07, 6.45) is -3.66. The minimum absolute atomic E-state index is 0.119. The van der Waals surface area contributed by atoms with Gasteiger partial charge in [0.05, 0.1) is 12.1 Å². The zero-order valence-electron chi connectivity index (χ0n) is 15.1. The zero-order chi connectivity index (χ0) is 19.9. The van der Waals surface area contributed by atoms with Crippen LogP contribution in [0.15, 0.2) is 0 Å². The van der Waals surface area contributed by atoms with Crippen LogP contribution in [0, 0.1) is 0 Å². The van der Waals surface area contributed by atoms with E-state index < -0.39 is 54.3 Å². The third kappa shape index (κ3) is 6.43. The van der Waals surface area contributed by atoms with Crippen molar-refractivity contribution >= 4 is 30.1 Å². The molecule has 0 aromatic heterocycles. The summed E-state index contributed by atoms with van der Waals surface area (Å²) >= 11 is 0. The van der Waals surface area contributed by atoms with E-state index in [0.717, 1.165) is 13.8 Å². The molecule has 26 heavy (non-hydrogen) atoms. The number of esters is 3. The smallest absolute Gasteiger partial charge is 0.303 e. The van der Waals surface area contributed by atoms with E-state index in [2.05, 4.69) is 5.32 Å². The Morgan fingerprint density at radius 2 is 1.50 bits per heavy atom. The standard InChI is InChI=1S/C16H23NO9/c1-8(19)17-14-12(5-6-18)26-13(7-23-9(2)20)15(24-10(3)21)16(14)25-11(4)22/h6,12-16H,5,7H2,1-4H3,(H,17,19)/t12-,13?,14?,15+,16-/m1/s1. The molecule has 0 radical (unpaired) electrons. The molecule has 0 spiro atoms. The lowest BCUT2D eigenvalue weighted by atomic mass is 9.90. The molecule has 1 aliphatic heterocycles. The molecular formula is C16H23NO9. The number of aldehydes is 1. The maximum Gasteiger partial charge on any atom is 0.303 e. The minimum Gasteiger partial charge on any atom is -0.463 e. The number of hydrogen-bond donors (Lipinski definition) is 1. The van der Waals surface area contributed by atoms with Crippen LogP contribution in [0.2, 0.25) is 0 Å². The van der Waals surface area contributed by atoms with Crippen LogP contribution in [0.25, 0.3) is 0 Å². The highest BCUT2D eigenvalue weighted by atomic mass is 16.6. The molecule has 1 fully saturated rings. The van der Waals surface area contributed by atoms with Gasteiger partial charge in [-0.1, -0.05) is 0 Å². The molecule has 0 aromatic rings. The Morgan fingerprint density at radius 1 is 0.923 bits per heavy atom. The van der Waals surface area contributed by atoms with E-state index >= 15 is 0 Å². The molecule has 10 nitrogen and oxygen atoms in total. The van der Waals surface area contributed by atoms with E-state index in [1.165, 1.54) is 13.8 Å². The van der Waals surface area contributed by atoms with Crippen LogP contribution in [0.4, 0.5) is 0 Å². The third-order valence-electron chi connectivity index (χ3n) is 3.55. The number of ether oxygens (including phenoxy) is 4. The van der Waals surface area contributed by atoms with Crippen molar-refractivity contribution in [3.8, 4) is 0 Å². The molecule has 1 N–H and O–H groups in total. The highest BCUT2D eigenvalue weighted by Crippen LogP contribution is 2.28. The predicted molar refractivity (Wildman–Crippen MR) is 84.7 cm³/mol. The molecule has 1 aliphatic rings. The van der Waals surface area contributed by atoms with E-state index in [-0.39, 0.29) is 13.0 Å². The normalized spacial score (nSPS) is 27.8. The van der Waals surface area contributed by atoms with Gasteiger partial charge in [0.2, 0.25) is 5.91 Å². The van der Waals surface area contributed by atoms with Crippen molar-refractivity contribution in [3.05, 3.63) is 0 Å². The summed E-state index contributed by atoms with van der Waals surface area (Å²) in [5, 5.41) is 2.56. The Bertz CT molecular complexity index is 562. The summed E-state index contributed by atoms with van der Waals surface area (Å²) in [6.45, 7) is 4.46. The van der Waals surface area contributed by atoms with Crippen LogP contribution >= 0.6 is 0 Å². The first-order chi connectivity index (χ1) is 12.1. The summed E-state index contributed by atoms with van der Waals surface area (Å²) in [4.78, 5) is 56.7. The van der Waals surface area contributed by atoms with Gasteiger partial charge in [-0.25, -0.2) is 0 Å². The summed E-state index contributed by atoms with van der Waals surface area (Å²) in [6, 6.07) is -0.931. The van der Waals surface area contributed by atoms with Gasteiger partial charge in [0, 0.05) is 34.1 Å². The van der Waals surface area contributed by atoms with E-state index in [4.69, 9.17) is 18.9 Å². The summed E-state index contributed by atoms with van der Waals surface area (Å²) in [5.41, 5.74) is 0. The molecule has 0 saturated carbocycles. The highest BCUT2D eigenvalue weighted by molar-refractivity contribution is 5.74. The van der Waals surface area contributed by atoms with Crippen LogP contribution in [-0.4, -0.2) is 67.2 Å². The molecule has 1 saturated heterocycles. The number of rotatable bonds is 7. The summed E-state index contributed by atoms with van der Waals surface area (Å²) in [5.74, 6) is -2.40. The summed E-state index contributed by atoms with van der Waals surface area (Å²) < 4.78 is 21.1. The van der Waals surface area contributed by atoms with Crippen LogP contribution in [0.3, 0.4) is 0 Å². The largest absolute Gasteiger partial charge is 0.463 e. The first kappa shape index (κ1) is 21.6. The molecule has 1 heterocycles. The fourth-order valence-corrected chi connectivity index (χ4v) is 2.72. The van der Waals surface area contributed by atoms with Crippen molar-refractivity contribution in [2.45, 2.75) is 64.6 Å². The number of hydrogen-bond acceptors (Lipinski definition) is 9. The molecule has 0 aromatic carbocycles. The van der Waals surface area contributed by atoms with Crippen molar-refractivity contribution in [1.29, 1.82) is 0 Å². The molecule has 5 atom stereocenters. The second-order valence-corrected chi connectivity index (χ2v) is 5.79. The monoisotopic (exact) mass is 373 g/mol. The minimum atomic E-state index is -1.14. The lowest BCUT2D eigenvalue weighted by Gasteiger charge is -2.45. The Kier molecular flexibility index (Phi) is 8.17. The third-order valence-corrected chi connectivity index (χ3v) is 3.55. The maximum atomic E-state index is 11.5. The second-order valence-electron chi connectivity index (χ2n) is 5.79. The average Bonchev–Trinajstić information content (AvgIpc) is 2.50. The molecule has 1 amide bonds. The van der Waals surface area contributed by atoms with Crippen molar-refractivity contribution in [2.24, 2.45) is 0 Å². The quantitative estimate of drug-likeness (QED) is 0.348. The van der Waals surface area contributed by atoms with E-state index in [1.54, 1.807) is 0 Å². The van der Waals surface area contributed by atoms with E-state index in [9.17, 15) is 24.0 Å². The molecule has 0 aliphatic carbocycles. The topological polar surface area (TPSA) is 134 Å². The lowest BCUT2D eigenvalue weighted by molar-refractivity contribution is -0.223. The molecule has 10 heteroatoms. The second kappa shape index (κ2) is 9.85. The highest BCUT2D eigenvalue weighted by Gasteiger charge is 2.50. The maximum absolute atomic E-state index is 11.5. The molecular weight excluding hydrogens is 350 g/mol. The van der Waals surface area contributed by atoms with Gasteiger partial charge in [-0.15, -0.1) is 0 Å². The lowest BCUT2D eigenvalue weighted by Crippen LogP contribution is -2.66. The van der Waals surface area contributed by atoms with Crippen LogP contribution < -0.4 is 5.32 Å². The number of nitrogens with one attached hydrogen (secondary N) is 1. The van der Waals surface area contributed by atoms with Crippen molar-refractivity contribution in [2.75, 3.05) is 6.61 Å². The van der Waals surface area contributed by atoms with Gasteiger partial charge < -0.3 is 29.1 Å². The van der Waals surface area contributed by atoms with Gasteiger partial charge in [0.25, 0.3) is 0 Å². The van der Waals surface area contributed by atoms with Gasteiger partial charge >= 0.3 is 17.9 Å².